The van der Waals surface area contributed by atoms with E-state index in [-0.39, 0.29) is 18.1 Å². The highest BCUT2D eigenvalue weighted by atomic mass is 16.6. The molecule has 0 aliphatic carbocycles. The van der Waals surface area contributed by atoms with E-state index in [1.165, 1.54) is 0 Å². The number of ether oxygens (including phenoxy) is 1. The summed E-state index contributed by atoms with van der Waals surface area (Å²) in [4.78, 5) is 27.2. The van der Waals surface area contributed by atoms with Gasteiger partial charge in [0, 0.05) is 39.3 Å². The van der Waals surface area contributed by atoms with Gasteiger partial charge in [0.05, 0.1) is 12.0 Å². The fourth-order valence-corrected chi connectivity index (χ4v) is 3.06. The fraction of sp³-hybridized carbons (Fsp3) is 0.867. The van der Waals surface area contributed by atoms with E-state index >= 15 is 0 Å². The lowest BCUT2D eigenvalue weighted by Crippen LogP contribution is -2.70. The van der Waals surface area contributed by atoms with Crippen molar-refractivity contribution in [3.63, 3.8) is 0 Å². The minimum absolute atomic E-state index is 0.145. The Labute approximate surface area is 131 Å². The zero-order valence-electron chi connectivity index (χ0n) is 13.7. The molecule has 2 saturated heterocycles. The molecule has 1 amide bonds. The van der Waals surface area contributed by atoms with Crippen LogP contribution >= 0.6 is 0 Å². The van der Waals surface area contributed by atoms with E-state index in [1.54, 1.807) is 4.90 Å². The lowest BCUT2D eigenvalue weighted by atomic mass is 9.86. The fourth-order valence-electron chi connectivity index (χ4n) is 3.06. The van der Waals surface area contributed by atoms with Crippen molar-refractivity contribution in [3.05, 3.63) is 0 Å². The van der Waals surface area contributed by atoms with Crippen molar-refractivity contribution in [2.75, 3.05) is 39.3 Å². The molecule has 0 radical (unpaired) electrons. The molecular weight excluding hydrogens is 286 g/mol. The molecule has 0 spiro atoms. The van der Waals surface area contributed by atoms with Gasteiger partial charge >= 0.3 is 12.1 Å². The highest BCUT2D eigenvalue weighted by molar-refractivity contribution is 5.69. The highest BCUT2D eigenvalue weighted by Crippen LogP contribution is 2.26. The maximum absolute atomic E-state index is 12.2. The van der Waals surface area contributed by atoms with Gasteiger partial charge < -0.3 is 20.1 Å². The van der Waals surface area contributed by atoms with Crippen LogP contribution in [0.2, 0.25) is 0 Å². The SMILES string of the molecule is CC(C)(C)OC(=O)N1CCCN(C2(CC(=O)O)CNC2)CC1. The van der Waals surface area contributed by atoms with Crippen LogP contribution in [0.3, 0.4) is 0 Å². The number of aliphatic carboxylic acids is 1. The smallest absolute Gasteiger partial charge is 0.410 e. The van der Waals surface area contributed by atoms with Crippen molar-refractivity contribution in [3.8, 4) is 0 Å². The number of hydrogen-bond acceptors (Lipinski definition) is 5. The maximum Gasteiger partial charge on any atom is 0.410 e. The van der Waals surface area contributed by atoms with E-state index in [1.807, 2.05) is 20.8 Å². The van der Waals surface area contributed by atoms with Crippen LogP contribution in [0.4, 0.5) is 4.79 Å². The van der Waals surface area contributed by atoms with Crippen LogP contribution in [0, 0.1) is 0 Å². The molecule has 2 N–H and O–H groups in total. The Morgan fingerprint density at radius 2 is 1.86 bits per heavy atom. The van der Waals surface area contributed by atoms with Crippen molar-refractivity contribution in [1.82, 2.24) is 15.1 Å². The predicted molar refractivity (Wildman–Crippen MR) is 81.9 cm³/mol. The highest BCUT2D eigenvalue weighted by Gasteiger charge is 2.44. The normalized spacial score (nSPS) is 22.6. The number of carbonyl (C=O) groups is 2. The van der Waals surface area contributed by atoms with Gasteiger partial charge in [-0.15, -0.1) is 0 Å². The Balaban J connectivity index is 1.95. The van der Waals surface area contributed by atoms with E-state index < -0.39 is 11.6 Å². The van der Waals surface area contributed by atoms with Gasteiger partial charge in [-0.05, 0) is 27.2 Å². The van der Waals surface area contributed by atoms with Gasteiger partial charge in [0.1, 0.15) is 5.60 Å². The van der Waals surface area contributed by atoms with E-state index in [2.05, 4.69) is 10.2 Å². The number of carboxylic acids is 1. The molecule has 7 heteroatoms. The van der Waals surface area contributed by atoms with Crippen molar-refractivity contribution >= 4 is 12.1 Å². The quantitative estimate of drug-likeness (QED) is 0.800. The summed E-state index contributed by atoms with van der Waals surface area (Å²) in [5.74, 6) is -0.769. The maximum atomic E-state index is 12.2. The van der Waals surface area contributed by atoms with Crippen molar-refractivity contribution < 1.29 is 19.4 Å². The molecule has 0 bridgehead atoms. The lowest BCUT2D eigenvalue weighted by Gasteiger charge is -2.49. The summed E-state index contributed by atoms with van der Waals surface area (Å²) < 4.78 is 5.42. The Morgan fingerprint density at radius 1 is 1.18 bits per heavy atom. The molecule has 22 heavy (non-hydrogen) atoms. The Bertz CT molecular complexity index is 429. The summed E-state index contributed by atoms with van der Waals surface area (Å²) >= 11 is 0. The van der Waals surface area contributed by atoms with Crippen LogP contribution in [0.1, 0.15) is 33.6 Å². The molecule has 2 heterocycles. The first-order valence-electron chi connectivity index (χ1n) is 7.87. The monoisotopic (exact) mass is 313 g/mol. The zero-order chi connectivity index (χ0) is 16.4. The third kappa shape index (κ3) is 4.10. The number of carbonyl (C=O) groups excluding carboxylic acids is 1. The van der Waals surface area contributed by atoms with E-state index in [0.717, 1.165) is 13.0 Å². The average molecular weight is 313 g/mol. The van der Waals surface area contributed by atoms with E-state index in [0.29, 0.717) is 32.7 Å². The molecule has 0 saturated carbocycles. The number of nitrogens with one attached hydrogen (secondary N) is 1. The van der Waals surface area contributed by atoms with Gasteiger partial charge in [0.15, 0.2) is 0 Å². The summed E-state index contributed by atoms with van der Waals surface area (Å²) in [5.41, 5.74) is -0.790. The van der Waals surface area contributed by atoms with Crippen molar-refractivity contribution in [2.24, 2.45) is 0 Å². The summed E-state index contributed by atoms with van der Waals surface area (Å²) in [7, 11) is 0. The summed E-state index contributed by atoms with van der Waals surface area (Å²) in [6, 6.07) is 0. The van der Waals surface area contributed by atoms with Gasteiger partial charge in [-0.1, -0.05) is 0 Å². The molecule has 0 aromatic rings. The van der Waals surface area contributed by atoms with Crippen molar-refractivity contribution in [2.45, 2.75) is 44.8 Å². The molecular formula is C15H27N3O4. The van der Waals surface area contributed by atoms with Crippen LogP contribution in [-0.4, -0.2) is 77.4 Å². The van der Waals surface area contributed by atoms with Gasteiger partial charge in [-0.25, -0.2) is 4.79 Å². The molecule has 0 aromatic heterocycles. The minimum atomic E-state index is -0.769. The van der Waals surface area contributed by atoms with Crippen LogP contribution in [0.25, 0.3) is 0 Å². The average Bonchev–Trinajstić information content (AvgIpc) is 2.57. The Morgan fingerprint density at radius 3 is 2.36 bits per heavy atom. The van der Waals surface area contributed by atoms with Crippen LogP contribution < -0.4 is 5.32 Å². The summed E-state index contributed by atoms with van der Waals surface area (Å²) in [6.45, 7) is 9.71. The van der Waals surface area contributed by atoms with E-state index in [4.69, 9.17) is 9.84 Å². The third-order valence-corrected chi connectivity index (χ3v) is 4.21. The molecule has 0 atom stereocenters. The van der Waals surface area contributed by atoms with Gasteiger partial charge in [-0.3, -0.25) is 9.69 Å². The molecule has 2 aliphatic rings. The molecule has 7 nitrogen and oxygen atoms in total. The van der Waals surface area contributed by atoms with Gasteiger partial charge in [0.2, 0.25) is 0 Å². The first-order chi connectivity index (χ1) is 10.2. The zero-order valence-corrected chi connectivity index (χ0v) is 13.7. The molecule has 2 aliphatic heterocycles. The summed E-state index contributed by atoms with van der Waals surface area (Å²) in [5, 5.41) is 12.3. The molecule has 126 valence electrons. The largest absolute Gasteiger partial charge is 0.481 e. The Hall–Kier alpha value is -1.34. The number of amides is 1. The summed E-state index contributed by atoms with van der Waals surface area (Å²) in [6.07, 6.45) is 0.695. The second-order valence-electron chi connectivity index (χ2n) is 7.21. The molecule has 2 fully saturated rings. The van der Waals surface area contributed by atoms with Crippen LogP contribution in [0.5, 0.6) is 0 Å². The van der Waals surface area contributed by atoms with Crippen molar-refractivity contribution in [1.29, 1.82) is 0 Å². The molecule has 0 aromatic carbocycles. The lowest BCUT2D eigenvalue weighted by molar-refractivity contribution is -0.141. The predicted octanol–water partition coefficient (Wildman–Crippen LogP) is 0.746. The number of carboxylic acid groups (broad SMARTS) is 1. The van der Waals surface area contributed by atoms with Gasteiger partial charge in [-0.2, -0.15) is 0 Å². The second kappa shape index (κ2) is 6.42. The van der Waals surface area contributed by atoms with Crippen LogP contribution in [-0.2, 0) is 9.53 Å². The minimum Gasteiger partial charge on any atom is -0.481 e. The first-order valence-corrected chi connectivity index (χ1v) is 7.87. The Kier molecular flexibility index (Phi) is 4.97. The first kappa shape index (κ1) is 17.0. The molecule has 2 rings (SSSR count). The number of nitrogens with zero attached hydrogens (tertiary/aromatic N) is 2. The number of hydrogen-bond donors (Lipinski definition) is 2. The van der Waals surface area contributed by atoms with Crippen LogP contribution in [0.15, 0.2) is 0 Å². The third-order valence-electron chi connectivity index (χ3n) is 4.21. The topological polar surface area (TPSA) is 82.1 Å². The van der Waals surface area contributed by atoms with E-state index in [9.17, 15) is 9.59 Å². The second-order valence-corrected chi connectivity index (χ2v) is 7.21. The molecule has 0 unspecified atom stereocenters. The standard InChI is InChI=1S/C15H27N3O4/c1-14(2,3)22-13(21)17-5-4-6-18(8-7-17)15(9-12(19)20)10-16-11-15/h16H,4-11H2,1-3H3,(H,19,20). The number of rotatable bonds is 3. The van der Waals surface area contributed by atoms with Gasteiger partial charge in [0.25, 0.3) is 0 Å².